The molecule has 4 rings (SSSR count). The second-order valence-electron chi connectivity index (χ2n) is 5.93. The number of nitrogens with zero attached hydrogens (tertiary/aromatic N) is 6. The van der Waals surface area contributed by atoms with Crippen LogP contribution in [0.25, 0.3) is 23.0 Å². The van der Waals surface area contributed by atoms with Crippen molar-refractivity contribution < 1.29 is 9.26 Å². The van der Waals surface area contributed by atoms with Crippen molar-refractivity contribution >= 4 is 0 Å². The highest BCUT2D eigenvalue weighted by molar-refractivity contribution is 5.58. The van der Waals surface area contributed by atoms with E-state index < -0.39 is 0 Å². The lowest BCUT2D eigenvalue weighted by molar-refractivity contribution is 0.0342. The van der Waals surface area contributed by atoms with Gasteiger partial charge >= 0.3 is 0 Å². The van der Waals surface area contributed by atoms with Crippen molar-refractivity contribution in [1.29, 1.82) is 0 Å². The largest absolute Gasteiger partial charge is 0.379 e. The number of rotatable bonds is 5. The van der Waals surface area contributed by atoms with Gasteiger partial charge in [0.15, 0.2) is 5.69 Å². The Morgan fingerprint density at radius 2 is 2.08 bits per heavy atom. The molecule has 0 N–H and O–H groups in total. The monoisotopic (exact) mass is 340 g/mol. The van der Waals surface area contributed by atoms with Gasteiger partial charge in [-0.25, -0.2) is 0 Å². The molecule has 0 radical (unpaired) electrons. The zero-order valence-electron chi connectivity index (χ0n) is 14.1. The first-order chi connectivity index (χ1) is 12.3. The van der Waals surface area contributed by atoms with E-state index in [1.807, 2.05) is 19.1 Å². The van der Waals surface area contributed by atoms with Crippen LogP contribution in [0.2, 0.25) is 0 Å². The maximum absolute atomic E-state index is 5.40. The van der Waals surface area contributed by atoms with Crippen LogP contribution in [0.5, 0.6) is 0 Å². The summed E-state index contributed by atoms with van der Waals surface area (Å²) in [6, 6.07) is 8.23. The molecule has 1 fully saturated rings. The van der Waals surface area contributed by atoms with Gasteiger partial charge in [0.2, 0.25) is 5.82 Å². The first kappa shape index (κ1) is 15.9. The summed E-state index contributed by atoms with van der Waals surface area (Å²) in [5.74, 6) is 0.943. The van der Waals surface area contributed by atoms with Crippen LogP contribution >= 0.6 is 0 Å². The maximum atomic E-state index is 5.40. The zero-order valence-corrected chi connectivity index (χ0v) is 14.1. The fourth-order valence-electron chi connectivity index (χ4n) is 2.82. The lowest BCUT2D eigenvalue weighted by atomic mass is 10.1. The predicted octanol–water partition coefficient (Wildman–Crippen LogP) is 1.85. The summed E-state index contributed by atoms with van der Waals surface area (Å²) in [7, 11) is 0. The molecule has 8 nitrogen and oxygen atoms in total. The molecule has 1 aliphatic rings. The van der Waals surface area contributed by atoms with Gasteiger partial charge in [0.1, 0.15) is 0 Å². The average molecular weight is 340 g/mol. The average Bonchev–Trinajstić information content (AvgIpc) is 3.32. The van der Waals surface area contributed by atoms with Crippen molar-refractivity contribution in [2.24, 2.45) is 0 Å². The van der Waals surface area contributed by atoms with Crippen LogP contribution in [-0.2, 0) is 17.8 Å². The minimum atomic E-state index is 0.383. The lowest BCUT2D eigenvalue weighted by Crippen LogP contribution is -2.35. The fourth-order valence-corrected chi connectivity index (χ4v) is 2.82. The summed E-state index contributed by atoms with van der Waals surface area (Å²) < 4.78 is 10.7. The van der Waals surface area contributed by atoms with E-state index in [9.17, 15) is 0 Å². The van der Waals surface area contributed by atoms with E-state index in [2.05, 4.69) is 37.4 Å². The van der Waals surface area contributed by atoms with Gasteiger partial charge in [-0.3, -0.25) is 4.90 Å². The number of aryl methyl sites for hydroxylation is 1. The number of benzene rings is 1. The summed E-state index contributed by atoms with van der Waals surface area (Å²) in [6.07, 6.45) is 1.63. The summed E-state index contributed by atoms with van der Waals surface area (Å²) in [5, 5.41) is 12.5. The van der Waals surface area contributed by atoms with Crippen LogP contribution in [0.3, 0.4) is 0 Å². The quantitative estimate of drug-likeness (QED) is 0.701. The molecule has 3 heterocycles. The normalized spacial score (nSPS) is 15.6. The van der Waals surface area contributed by atoms with Gasteiger partial charge in [0.05, 0.1) is 26.0 Å². The van der Waals surface area contributed by atoms with Crippen LogP contribution in [0.1, 0.15) is 12.5 Å². The summed E-state index contributed by atoms with van der Waals surface area (Å²) in [4.78, 5) is 8.43. The molecule has 0 saturated carbocycles. The second-order valence-corrected chi connectivity index (χ2v) is 5.93. The summed E-state index contributed by atoms with van der Waals surface area (Å²) in [6.45, 7) is 7.09. The lowest BCUT2D eigenvalue weighted by Gasteiger charge is -2.26. The van der Waals surface area contributed by atoms with Gasteiger partial charge in [0.25, 0.3) is 5.89 Å². The Labute approximate surface area is 145 Å². The third kappa shape index (κ3) is 3.59. The molecule has 0 atom stereocenters. The Hall–Kier alpha value is -2.58. The van der Waals surface area contributed by atoms with Gasteiger partial charge < -0.3 is 9.26 Å². The van der Waals surface area contributed by atoms with E-state index in [1.54, 1.807) is 11.0 Å². The van der Waals surface area contributed by atoms with E-state index in [0.717, 1.165) is 38.4 Å². The van der Waals surface area contributed by atoms with Gasteiger partial charge in [-0.1, -0.05) is 23.4 Å². The third-order valence-corrected chi connectivity index (χ3v) is 4.16. The molecule has 0 amide bonds. The van der Waals surface area contributed by atoms with Crippen LogP contribution < -0.4 is 0 Å². The first-order valence-corrected chi connectivity index (χ1v) is 8.45. The Morgan fingerprint density at radius 3 is 2.88 bits per heavy atom. The molecular weight excluding hydrogens is 320 g/mol. The molecule has 130 valence electrons. The zero-order chi connectivity index (χ0) is 17.1. The Morgan fingerprint density at radius 1 is 1.20 bits per heavy atom. The number of aromatic nitrogens is 5. The molecule has 0 bridgehead atoms. The van der Waals surface area contributed by atoms with Crippen molar-refractivity contribution in [3.05, 3.63) is 36.0 Å². The third-order valence-electron chi connectivity index (χ3n) is 4.16. The molecule has 8 heteroatoms. The number of hydrogen-bond donors (Lipinski definition) is 0. The molecule has 1 saturated heterocycles. The summed E-state index contributed by atoms with van der Waals surface area (Å²) >= 11 is 0. The number of ether oxygens (including phenoxy) is 1. The number of hydrogen-bond acceptors (Lipinski definition) is 7. The molecule has 0 spiro atoms. The van der Waals surface area contributed by atoms with Gasteiger partial charge in [0, 0.05) is 25.2 Å². The van der Waals surface area contributed by atoms with E-state index >= 15 is 0 Å². The van der Waals surface area contributed by atoms with Gasteiger partial charge in [-0.05, 0) is 18.6 Å². The predicted molar refractivity (Wildman–Crippen MR) is 90.5 cm³/mol. The van der Waals surface area contributed by atoms with Crippen LogP contribution in [-0.4, -0.2) is 56.3 Å². The van der Waals surface area contributed by atoms with Crippen molar-refractivity contribution in [2.45, 2.75) is 20.0 Å². The van der Waals surface area contributed by atoms with Gasteiger partial charge in [-0.15, -0.1) is 5.10 Å². The smallest absolute Gasteiger partial charge is 0.280 e. The minimum absolute atomic E-state index is 0.383. The molecule has 0 aliphatic carbocycles. The van der Waals surface area contributed by atoms with Crippen molar-refractivity contribution in [1.82, 2.24) is 30.0 Å². The highest BCUT2D eigenvalue weighted by atomic mass is 16.5. The first-order valence-electron chi connectivity index (χ1n) is 8.45. The molecular formula is C17H20N6O2. The van der Waals surface area contributed by atoms with E-state index in [0.29, 0.717) is 24.0 Å². The Kier molecular flexibility index (Phi) is 4.53. The Balaban J connectivity index is 1.52. The van der Waals surface area contributed by atoms with Crippen LogP contribution in [0.4, 0.5) is 0 Å². The highest BCUT2D eigenvalue weighted by Crippen LogP contribution is 2.22. The van der Waals surface area contributed by atoms with Crippen LogP contribution in [0, 0.1) is 0 Å². The van der Waals surface area contributed by atoms with Crippen molar-refractivity contribution in [3.63, 3.8) is 0 Å². The van der Waals surface area contributed by atoms with Crippen molar-refractivity contribution in [3.8, 4) is 23.0 Å². The topological polar surface area (TPSA) is 82.1 Å². The SMILES string of the molecule is CCn1ncc(-c2nc(-c3cccc(CN4CCOCC4)c3)no2)n1. The highest BCUT2D eigenvalue weighted by Gasteiger charge is 2.15. The van der Waals surface area contributed by atoms with Crippen LogP contribution in [0.15, 0.2) is 35.0 Å². The van der Waals surface area contributed by atoms with Gasteiger partial charge in [-0.2, -0.15) is 14.9 Å². The molecule has 1 aromatic carbocycles. The second kappa shape index (κ2) is 7.12. The van der Waals surface area contributed by atoms with Crippen molar-refractivity contribution in [2.75, 3.05) is 26.3 Å². The minimum Gasteiger partial charge on any atom is -0.379 e. The molecule has 2 aromatic heterocycles. The van der Waals surface area contributed by atoms with E-state index in [-0.39, 0.29) is 0 Å². The van der Waals surface area contributed by atoms with E-state index in [4.69, 9.17) is 9.26 Å². The molecule has 25 heavy (non-hydrogen) atoms. The summed E-state index contributed by atoms with van der Waals surface area (Å²) in [5.41, 5.74) is 2.75. The Bertz CT molecular complexity index is 837. The number of morpholine rings is 1. The molecule has 0 unspecified atom stereocenters. The fraction of sp³-hybridized carbons (Fsp3) is 0.412. The standard InChI is InChI=1S/C17H20N6O2/c1-2-23-18-11-15(20-23)17-19-16(21-25-17)14-5-3-4-13(10-14)12-22-6-8-24-9-7-22/h3-5,10-11H,2,6-9,12H2,1H3. The van der Waals surface area contributed by atoms with E-state index in [1.165, 1.54) is 5.56 Å². The molecule has 1 aliphatic heterocycles. The molecule has 3 aromatic rings. The maximum Gasteiger partial charge on any atom is 0.280 e.